The first-order valence-electron chi connectivity index (χ1n) is 7.79. The number of hydrogen-bond donors (Lipinski definition) is 0. The maximum atomic E-state index is 13.8. The fourth-order valence-corrected chi connectivity index (χ4v) is 2.97. The second-order valence-corrected chi connectivity index (χ2v) is 6.35. The molecule has 0 fully saturated rings. The van der Waals surface area contributed by atoms with E-state index in [0.717, 1.165) is 6.07 Å². The van der Waals surface area contributed by atoms with Crippen molar-refractivity contribution in [2.24, 2.45) is 7.05 Å². The molecule has 0 saturated carbocycles. The Balaban J connectivity index is 1.87. The van der Waals surface area contributed by atoms with Gasteiger partial charge in [0, 0.05) is 30.3 Å². The average molecular weight is 374 g/mol. The van der Waals surface area contributed by atoms with Crippen LogP contribution < -0.4 is 0 Å². The Hall–Kier alpha value is -2.79. The first kappa shape index (κ1) is 18.0. The highest BCUT2D eigenvalue weighted by atomic mass is 35.5. The highest BCUT2D eigenvalue weighted by Crippen LogP contribution is 2.19. The first-order chi connectivity index (χ1) is 12.3. The van der Waals surface area contributed by atoms with Gasteiger partial charge < -0.3 is 4.57 Å². The second-order valence-electron chi connectivity index (χ2n) is 5.91. The summed E-state index contributed by atoms with van der Waals surface area (Å²) in [5.41, 5.74) is 0.846. The third kappa shape index (κ3) is 3.73. The van der Waals surface area contributed by atoms with Gasteiger partial charge in [0.25, 0.3) is 0 Å². The van der Waals surface area contributed by atoms with Crippen LogP contribution in [0.2, 0.25) is 5.02 Å². The van der Waals surface area contributed by atoms with Gasteiger partial charge in [-0.25, -0.2) is 8.78 Å². The Morgan fingerprint density at radius 2 is 1.81 bits per heavy atom. The van der Waals surface area contributed by atoms with E-state index in [4.69, 9.17) is 11.6 Å². The third-order valence-electron chi connectivity index (χ3n) is 3.97. The van der Waals surface area contributed by atoms with Gasteiger partial charge >= 0.3 is 0 Å². The van der Waals surface area contributed by atoms with Crippen molar-refractivity contribution in [2.45, 2.75) is 6.42 Å². The Bertz CT molecular complexity index is 991. The number of rotatable bonds is 5. The van der Waals surface area contributed by atoms with Crippen molar-refractivity contribution >= 4 is 23.2 Å². The van der Waals surface area contributed by atoms with Gasteiger partial charge in [0.1, 0.15) is 11.6 Å². The summed E-state index contributed by atoms with van der Waals surface area (Å²) in [7, 11) is 1.60. The van der Waals surface area contributed by atoms with E-state index in [9.17, 15) is 18.4 Å². The molecule has 3 rings (SSSR count). The van der Waals surface area contributed by atoms with Gasteiger partial charge in [-0.3, -0.25) is 9.59 Å². The lowest BCUT2D eigenvalue weighted by Gasteiger charge is -2.03. The van der Waals surface area contributed by atoms with Crippen LogP contribution >= 0.6 is 11.6 Å². The summed E-state index contributed by atoms with van der Waals surface area (Å²) < 4.78 is 28.7. The van der Waals surface area contributed by atoms with Crippen molar-refractivity contribution in [3.63, 3.8) is 0 Å². The molecule has 0 amide bonds. The van der Waals surface area contributed by atoms with Crippen molar-refractivity contribution in [1.82, 2.24) is 4.57 Å². The topological polar surface area (TPSA) is 39.1 Å². The van der Waals surface area contributed by atoms with Crippen LogP contribution in [0, 0.1) is 11.6 Å². The van der Waals surface area contributed by atoms with Crippen LogP contribution in [-0.2, 0) is 13.5 Å². The minimum atomic E-state index is -0.624. The number of carbonyl (C=O) groups is 2. The number of ketones is 2. The molecule has 0 atom stereocenters. The van der Waals surface area contributed by atoms with Crippen LogP contribution in [0.3, 0.4) is 0 Å². The molecule has 0 radical (unpaired) electrons. The van der Waals surface area contributed by atoms with E-state index in [0.29, 0.717) is 5.56 Å². The van der Waals surface area contributed by atoms with Gasteiger partial charge in [-0.2, -0.15) is 0 Å². The van der Waals surface area contributed by atoms with Crippen LogP contribution in [0.4, 0.5) is 8.78 Å². The number of halogens is 3. The monoisotopic (exact) mass is 373 g/mol. The van der Waals surface area contributed by atoms with Crippen molar-refractivity contribution in [2.75, 3.05) is 0 Å². The molecule has 3 nitrogen and oxygen atoms in total. The molecule has 6 heteroatoms. The van der Waals surface area contributed by atoms with Gasteiger partial charge in [-0.1, -0.05) is 23.7 Å². The van der Waals surface area contributed by atoms with Gasteiger partial charge in [0.2, 0.25) is 5.78 Å². The minimum absolute atomic E-state index is 0.0607. The van der Waals surface area contributed by atoms with Crippen LogP contribution in [0.15, 0.2) is 54.7 Å². The number of aromatic nitrogens is 1. The molecule has 0 unspecified atom stereocenters. The maximum Gasteiger partial charge on any atom is 0.212 e. The zero-order valence-corrected chi connectivity index (χ0v) is 14.6. The molecule has 0 N–H and O–H groups in total. The number of Topliss-reactive ketones (excluding diaryl/α,β-unsaturated/α-hetero) is 1. The molecule has 3 aromatic rings. The smallest absolute Gasteiger partial charge is 0.212 e. The lowest BCUT2D eigenvalue weighted by Crippen LogP contribution is -2.08. The Morgan fingerprint density at radius 1 is 1.08 bits per heavy atom. The summed E-state index contributed by atoms with van der Waals surface area (Å²) in [6, 6.07) is 11.0. The molecular formula is C20H14ClF2NO2. The normalized spacial score (nSPS) is 10.8. The molecule has 0 aliphatic rings. The fraction of sp³-hybridized carbons (Fsp3) is 0.100. The predicted octanol–water partition coefficient (Wildman–Crippen LogP) is 4.61. The molecule has 0 spiro atoms. The molecule has 1 heterocycles. The zero-order chi connectivity index (χ0) is 18.8. The van der Waals surface area contributed by atoms with Crippen molar-refractivity contribution in [1.29, 1.82) is 0 Å². The molecule has 132 valence electrons. The summed E-state index contributed by atoms with van der Waals surface area (Å²) in [4.78, 5) is 25.0. The van der Waals surface area contributed by atoms with Crippen molar-refractivity contribution in [3.05, 3.63) is 93.8 Å². The number of hydrogen-bond acceptors (Lipinski definition) is 2. The molecule has 0 bridgehead atoms. The largest absolute Gasteiger partial charge is 0.347 e. The van der Waals surface area contributed by atoms with Gasteiger partial charge in [0.05, 0.1) is 11.3 Å². The first-order valence-corrected chi connectivity index (χ1v) is 8.16. The number of benzene rings is 2. The fourth-order valence-electron chi connectivity index (χ4n) is 2.73. The van der Waals surface area contributed by atoms with E-state index in [1.807, 2.05) is 0 Å². The van der Waals surface area contributed by atoms with Gasteiger partial charge in [-0.15, -0.1) is 0 Å². The highest BCUT2D eigenvalue weighted by molar-refractivity contribution is 6.30. The number of carbonyl (C=O) groups excluding carboxylic acids is 2. The molecule has 26 heavy (non-hydrogen) atoms. The van der Waals surface area contributed by atoms with Crippen LogP contribution in [0.1, 0.15) is 32.0 Å². The average Bonchev–Trinajstić information content (AvgIpc) is 2.96. The zero-order valence-electron chi connectivity index (χ0n) is 13.8. The third-order valence-corrected chi connectivity index (χ3v) is 4.18. The second kappa shape index (κ2) is 7.22. The predicted molar refractivity (Wildman–Crippen MR) is 94.7 cm³/mol. The summed E-state index contributed by atoms with van der Waals surface area (Å²) >= 11 is 5.80. The van der Waals surface area contributed by atoms with E-state index in [1.165, 1.54) is 47.2 Å². The summed E-state index contributed by atoms with van der Waals surface area (Å²) in [6.07, 6.45) is 1.44. The van der Waals surface area contributed by atoms with Gasteiger partial charge in [-0.05, 0) is 42.0 Å². The minimum Gasteiger partial charge on any atom is -0.347 e. The van der Waals surface area contributed by atoms with Crippen LogP contribution in [-0.4, -0.2) is 16.1 Å². The van der Waals surface area contributed by atoms with Crippen LogP contribution in [0.25, 0.3) is 0 Å². The van der Waals surface area contributed by atoms with E-state index >= 15 is 0 Å². The number of nitrogens with zero attached hydrogens (tertiary/aromatic N) is 1. The van der Waals surface area contributed by atoms with E-state index in [2.05, 4.69) is 0 Å². The quantitative estimate of drug-likeness (QED) is 0.612. The van der Waals surface area contributed by atoms with E-state index in [-0.39, 0.29) is 34.0 Å². The standard InChI is InChI=1S/C20H14ClF2NO2/c1-24-11-13(19(25)8-12-6-14(21)10-15(22)7-12)9-18(24)20(26)16-4-2-3-5-17(16)23/h2-7,9-11H,8H2,1H3. The molecule has 1 aromatic heterocycles. The molecular weight excluding hydrogens is 360 g/mol. The summed E-state index contributed by atoms with van der Waals surface area (Å²) in [5.74, 6) is -1.96. The van der Waals surface area contributed by atoms with Crippen molar-refractivity contribution < 1.29 is 18.4 Å². The number of aryl methyl sites for hydroxylation is 1. The lowest BCUT2D eigenvalue weighted by molar-refractivity contribution is 0.0992. The van der Waals surface area contributed by atoms with Crippen molar-refractivity contribution in [3.8, 4) is 0 Å². The highest BCUT2D eigenvalue weighted by Gasteiger charge is 2.20. The summed E-state index contributed by atoms with van der Waals surface area (Å²) in [5, 5.41) is 0.205. The van der Waals surface area contributed by atoms with E-state index in [1.54, 1.807) is 13.1 Å². The Labute approximate surface area is 153 Å². The van der Waals surface area contributed by atoms with E-state index < -0.39 is 17.4 Å². The lowest BCUT2D eigenvalue weighted by atomic mass is 10.0. The molecule has 0 aliphatic heterocycles. The molecule has 0 saturated heterocycles. The SMILES string of the molecule is Cn1cc(C(=O)Cc2cc(F)cc(Cl)c2)cc1C(=O)c1ccccc1F. The molecule has 2 aromatic carbocycles. The Morgan fingerprint density at radius 3 is 2.50 bits per heavy atom. The van der Waals surface area contributed by atoms with Crippen LogP contribution in [0.5, 0.6) is 0 Å². The Kier molecular flexibility index (Phi) is 5.00. The summed E-state index contributed by atoms with van der Waals surface area (Å²) in [6.45, 7) is 0. The maximum absolute atomic E-state index is 13.8. The van der Waals surface area contributed by atoms with Gasteiger partial charge in [0.15, 0.2) is 5.78 Å². The molecule has 0 aliphatic carbocycles.